The van der Waals surface area contributed by atoms with Crippen LogP contribution in [-0.2, 0) is 6.54 Å². The first-order valence-corrected chi connectivity index (χ1v) is 3.56. The van der Waals surface area contributed by atoms with Gasteiger partial charge in [0.15, 0.2) is 0 Å². The minimum Gasteiger partial charge on any atom is -0.302 e. The lowest BCUT2D eigenvalue weighted by Gasteiger charge is -1.99. The zero-order valence-electron chi connectivity index (χ0n) is 6.55. The van der Waals surface area contributed by atoms with E-state index in [-0.39, 0.29) is 5.82 Å². The maximum absolute atomic E-state index is 12.5. The molecule has 0 atom stereocenters. The molecule has 0 amide bonds. The second-order valence-corrected chi connectivity index (χ2v) is 2.32. The van der Waals surface area contributed by atoms with Gasteiger partial charge in [0.1, 0.15) is 5.82 Å². The zero-order valence-corrected chi connectivity index (χ0v) is 6.55. The molecule has 3 heteroatoms. The van der Waals surface area contributed by atoms with E-state index in [0.29, 0.717) is 13.1 Å². The number of aromatic nitrogens is 1. The number of rotatable bonds is 3. The highest BCUT2D eigenvalue weighted by Gasteiger charge is 1.93. The van der Waals surface area contributed by atoms with Crippen molar-refractivity contribution in [3.63, 3.8) is 0 Å². The Labute approximate surface area is 70.8 Å². The van der Waals surface area contributed by atoms with E-state index in [9.17, 15) is 4.39 Å². The normalized spacial score (nSPS) is 9.33. The fourth-order valence-corrected chi connectivity index (χ4v) is 0.832. The van der Waals surface area contributed by atoms with Gasteiger partial charge in [0.25, 0.3) is 0 Å². The molecule has 2 nitrogen and oxygen atoms in total. The SMILES string of the molecule is C#CCNCc1cncc(F)c1. The van der Waals surface area contributed by atoms with Crippen LogP contribution in [0.25, 0.3) is 0 Å². The Kier molecular flexibility index (Phi) is 3.24. The molecule has 1 N–H and O–H groups in total. The van der Waals surface area contributed by atoms with E-state index in [0.717, 1.165) is 5.56 Å². The van der Waals surface area contributed by atoms with Gasteiger partial charge < -0.3 is 5.32 Å². The van der Waals surface area contributed by atoms with Gasteiger partial charge in [0, 0.05) is 12.7 Å². The van der Waals surface area contributed by atoms with E-state index in [2.05, 4.69) is 16.2 Å². The highest BCUT2D eigenvalue weighted by Crippen LogP contribution is 1.99. The third-order valence-electron chi connectivity index (χ3n) is 1.32. The lowest BCUT2D eigenvalue weighted by molar-refractivity contribution is 0.615. The van der Waals surface area contributed by atoms with Crippen molar-refractivity contribution in [2.75, 3.05) is 6.54 Å². The topological polar surface area (TPSA) is 24.9 Å². The fraction of sp³-hybridized carbons (Fsp3) is 0.222. The monoisotopic (exact) mass is 164 g/mol. The van der Waals surface area contributed by atoms with Crippen LogP contribution in [-0.4, -0.2) is 11.5 Å². The minimum absolute atomic E-state index is 0.324. The van der Waals surface area contributed by atoms with Crippen molar-refractivity contribution < 1.29 is 4.39 Å². The smallest absolute Gasteiger partial charge is 0.141 e. The second-order valence-electron chi connectivity index (χ2n) is 2.32. The number of nitrogens with zero attached hydrogens (tertiary/aromatic N) is 1. The van der Waals surface area contributed by atoms with E-state index in [1.165, 1.54) is 12.3 Å². The molecule has 0 bridgehead atoms. The van der Waals surface area contributed by atoms with Crippen LogP contribution in [0.4, 0.5) is 4.39 Å². The van der Waals surface area contributed by atoms with Crippen LogP contribution in [0.5, 0.6) is 0 Å². The molecule has 0 saturated heterocycles. The third kappa shape index (κ3) is 2.69. The predicted octanol–water partition coefficient (Wildman–Crippen LogP) is 0.944. The summed E-state index contributed by atoms with van der Waals surface area (Å²) in [5.74, 6) is 2.10. The molecule has 0 aliphatic carbocycles. The van der Waals surface area contributed by atoms with Gasteiger partial charge in [0.05, 0.1) is 12.7 Å². The molecule has 0 saturated carbocycles. The highest BCUT2D eigenvalue weighted by atomic mass is 19.1. The van der Waals surface area contributed by atoms with E-state index in [4.69, 9.17) is 6.42 Å². The number of nitrogens with one attached hydrogen (secondary N) is 1. The van der Waals surface area contributed by atoms with Gasteiger partial charge in [-0.05, 0) is 11.6 Å². The number of halogens is 1. The minimum atomic E-state index is -0.324. The van der Waals surface area contributed by atoms with Gasteiger partial charge in [-0.25, -0.2) is 4.39 Å². The Morgan fingerprint density at radius 1 is 1.58 bits per heavy atom. The predicted molar refractivity (Wildman–Crippen MR) is 44.7 cm³/mol. The van der Waals surface area contributed by atoms with E-state index >= 15 is 0 Å². The van der Waals surface area contributed by atoms with Crippen LogP contribution in [0, 0.1) is 18.2 Å². The number of hydrogen-bond acceptors (Lipinski definition) is 2. The summed E-state index contributed by atoms with van der Waals surface area (Å²) in [6.07, 6.45) is 7.80. The zero-order chi connectivity index (χ0) is 8.81. The lowest BCUT2D eigenvalue weighted by Crippen LogP contribution is -2.13. The largest absolute Gasteiger partial charge is 0.302 e. The van der Waals surface area contributed by atoms with E-state index < -0.39 is 0 Å². The van der Waals surface area contributed by atoms with Gasteiger partial charge >= 0.3 is 0 Å². The van der Waals surface area contributed by atoms with Gasteiger partial charge in [-0.1, -0.05) is 5.92 Å². The van der Waals surface area contributed by atoms with E-state index in [1.54, 1.807) is 6.20 Å². The molecule has 62 valence electrons. The summed E-state index contributed by atoms with van der Waals surface area (Å²) in [7, 11) is 0. The summed E-state index contributed by atoms with van der Waals surface area (Å²) < 4.78 is 12.5. The molecule has 0 aromatic carbocycles. The number of hydrogen-bond donors (Lipinski definition) is 1. The maximum Gasteiger partial charge on any atom is 0.141 e. The van der Waals surface area contributed by atoms with Gasteiger partial charge in [-0.2, -0.15) is 0 Å². The van der Waals surface area contributed by atoms with Crippen LogP contribution >= 0.6 is 0 Å². The molecule has 0 aliphatic rings. The Morgan fingerprint density at radius 3 is 3.08 bits per heavy atom. The Balaban J connectivity index is 2.48. The summed E-state index contributed by atoms with van der Waals surface area (Å²) in [4.78, 5) is 3.70. The second kappa shape index (κ2) is 4.47. The lowest BCUT2D eigenvalue weighted by atomic mass is 10.3. The molecule has 1 aromatic rings. The average Bonchev–Trinajstić information content (AvgIpc) is 2.05. The first-order chi connectivity index (χ1) is 5.83. The molecule has 0 fully saturated rings. The molecule has 0 aliphatic heterocycles. The summed E-state index contributed by atoms with van der Waals surface area (Å²) in [5.41, 5.74) is 0.797. The van der Waals surface area contributed by atoms with Crippen LogP contribution in [0.3, 0.4) is 0 Å². The first-order valence-electron chi connectivity index (χ1n) is 3.56. The van der Waals surface area contributed by atoms with E-state index in [1.807, 2.05) is 0 Å². The van der Waals surface area contributed by atoms with Gasteiger partial charge in [-0.15, -0.1) is 6.42 Å². The molecule has 1 rings (SSSR count). The summed E-state index contributed by atoms with van der Waals surface area (Å²) in [6, 6.07) is 1.43. The molecule has 1 heterocycles. The summed E-state index contributed by atoms with van der Waals surface area (Å²) in [5, 5.41) is 2.94. The van der Waals surface area contributed by atoms with Crippen LogP contribution in [0.15, 0.2) is 18.5 Å². The van der Waals surface area contributed by atoms with Crippen molar-refractivity contribution in [3.05, 3.63) is 29.8 Å². The standard InChI is InChI=1S/C9H9FN2/c1-2-3-11-5-8-4-9(10)7-12-6-8/h1,4,6-7,11H,3,5H2. The summed E-state index contributed by atoms with van der Waals surface area (Å²) >= 11 is 0. The van der Waals surface area contributed by atoms with Crippen molar-refractivity contribution >= 4 is 0 Å². The fourth-order valence-electron chi connectivity index (χ4n) is 0.832. The Morgan fingerprint density at radius 2 is 2.42 bits per heavy atom. The van der Waals surface area contributed by atoms with Crippen LogP contribution in [0.2, 0.25) is 0 Å². The highest BCUT2D eigenvalue weighted by molar-refractivity contribution is 5.09. The summed E-state index contributed by atoms with van der Waals surface area (Å²) in [6.45, 7) is 1.03. The Hall–Kier alpha value is -1.40. The third-order valence-corrected chi connectivity index (χ3v) is 1.32. The molecule has 0 radical (unpaired) electrons. The molecule has 0 unspecified atom stereocenters. The number of pyridine rings is 1. The molecular formula is C9H9FN2. The quantitative estimate of drug-likeness (QED) is 0.531. The van der Waals surface area contributed by atoms with Crippen LogP contribution in [0.1, 0.15) is 5.56 Å². The Bertz CT molecular complexity index is 291. The van der Waals surface area contributed by atoms with Gasteiger partial charge in [-0.3, -0.25) is 4.98 Å². The van der Waals surface area contributed by atoms with Crippen LogP contribution < -0.4 is 5.32 Å². The van der Waals surface area contributed by atoms with Crippen molar-refractivity contribution in [2.24, 2.45) is 0 Å². The molecular weight excluding hydrogens is 155 g/mol. The number of terminal acetylenes is 1. The van der Waals surface area contributed by atoms with Crippen molar-refractivity contribution in [1.82, 2.24) is 10.3 Å². The maximum atomic E-state index is 12.5. The molecule has 0 spiro atoms. The molecule has 12 heavy (non-hydrogen) atoms. The van der Waals surface area contributed by atoms with Crippen molar-refractivity contribution in [3.8, 4) is 12.3 Å². The van der Waals surface area contributed by atoms with Crippen molar-refractivity contribution in [2.45, 2.75) is 6.54 Å². The van der Waals surface area contributed by atoms with Crippen molar-refractivity contribution in [1.29, 1.82) is 0 Å². The molecule has 1 aromatic heterocycles. The average molecular weight is 164 g/mol. The van der Waals surface area contributed by atoms with Gasteiger partial charge in [0.2, 0.25) is 0 Å². The first kappa shape index (κ1) is 8.69.